The Bertz CT molecular complexity index is 236. The Morgan fingerprint density at radius 2 is 2.06 bits per heavy atom. The standard InChI is InChI=1S/C12H23N3O2/c16-12(15-8-11-3-5-17-9-11)14-7-10-2-1-4-13-6-10/h10-11,13H,1-9H2,(H2,14,15,16). The Labute approximate surface area is 103 Å². The second-order valence-electron chi connectivity index (χ2n) is 5.03. The molecule has 0 aromatic heterocycles. The summed E-state index contributed by atoms with van der Waals surface area (Å²) in [5.74, 6) is 1.08. The van der Waals surface area contributed by atoms with E-state index in [-0.39, 0.29) is 6.03 Å². The first-order chi connectivity index (χ1) is 8.34. The highest BCUT2D eigenvalue weighted by Crippen LogP contribution is 2.10. The minimum atomic E-state index is -0.0394. The summed E-state index contributed by atoms with van der Waals surface area (Å²) < 4.78 is 5.26. The lowest BCUT2D eigenvalue weighted by Crippen LogP contribution is -2.43. The van der Waals surface area contributed by atoms with Crippen LogP contribution in [0, 0.1) is 11.8 Å². The molecule has 2 fully saturated rings. The molecule has 5 heteroatoms. The van der Waals surface area contributed by atoms with Crippen LogP contribution in [0.3, 0.4) is 0 Å². The van der Waals surface area contributed by atoms with Gasteiger partial charge in [0, 0.05) is 25.6 Å². The number of hydrogen-bond acceptors (Lipinski definition) is 3. The molecule has 0 radical (unpaired) electrons. The molecule has 2 rings (SSSR count). The lowest BCUT2D eigenvalue weighted by atomic mass is 10.00. The molecule has 2 unspecified atom stereocenters. The number of carbonyl (C=O) groups excluding carboxylic acids is 1. The van der Waals surface area contributed by atoms with Crippen molar-refractivity contribution >= 4 is 6.03 Å². The van der Waals surface area contributed by atoms with Gasteiger partial charge in [0.05, 0.1) is 6.61 Å². The molecule has 3 N–H and O–H groups in total. The van der Waals surface area contributed by atoms with Gasteiger partial charge in [0.1, 0.15) is 0 Å². The normalized spacial score (nSPS) is 28.9. The zero-order valence-electron chi connectivity index (χ0n) is 10.3. The maximum Gasteiger partial charge on any atom is 0.314 e. The molecule has 17 heavy (non-hydrogen) atoms. The van der Waals surface area contributed by atoms with Gasteiger partial charge in [0.15, 0.2) is 0 Å². The molecule has 0 spiro atoms. The number of amides is 2. The molecule has 0 bridgehead atoms. The summed E-state index contributed by atoms with van der Waals surface area (Å²) in [6.07, 6.45) is 3.49. The summed E-state index contributed by atoms with van der Waals surface area (Å²) in [6.45, 7) is 5.27. The van der Waals surface area contributed by atoms with Crippen molar-refractivity contribution in [3.63, 3.8) is 0 Å². The van der Waals surface area contributed by atoms with Crippen molar-refractivity contribution in [2.24, 2.45) is 11.8 Å². The molecule has 2 saturated heterocycles. The van der Waals surface area contributed by atoms with Crippen LogP contribution in [0.5, 0.6) is 0 Å². The van der Waals surface area contributed by atoms with Gasteiger partial charge < -0.3 is 20.7 Å². The maximum atomic E-state index is 11.6. The fourth-order valence-corrected chi connectivity index (χ4v) is 2.38. The van der Waals surface area contributed by atoms with Gasteiger partial charge in [-0.15, -0.1) is 0 Å². The first-order valence-electron chi connectivity index (χ1n) is 6.65. The summed E-state index contributed by atoms with van der Waals surface area (Å²) in [5.41, 5.74) is 0. The van der Waals surface area contributed by atoms with Gasteiger partial charge in [0.25, 0.3) is 0 Å². The molecule has 0 aliphatic carbocycles. The summed E-state index contributed by atoms with van der Waals surface area (Å²) >= 11 is 0. The van der Waals surface area contributed by atoms with Crippen molar-refractivity contribution in [3.05, 3.63) is 0 Å². The number of hydrogen-bond donors (Lipinski definition) is 3. The van der Waals surface area contributed by atoms with Crippen LogP contribution >= 0.6 is 0 Å². The zero-order valence-corrected chi connectivity index (χ0v) is 10.3. The molecule has 0 aromatic rings. The molecule has 0 aromatic carbocycles. The van der Waals surface area contributed by atoms with Crippen molar-refractivity contribution in [2.45, 2.75) is 19.3 Å². The van der Waals surface area contributed by atoms with E-state index in [1.54, 1.807) is 0 Å². The minimum Gasteiger partial charge on any atom is -0.381 e. The van der Waals surface area contributed by atoms with Gasteiger partial charge in [-0.2, -0.15) is 0 Å². The van der Waals surface area contributed by atoms with Gasteiger partial charge in [-0.1, -0.05) is 0 Å². The molecular weight excluding hydrogens is 218 g/mol. The van der Waals surface area contributed by atoms with Crippen LogP contribution in [0.25, 0.3) is 0 Å². The van der Waals surface area contributed by atoms with E-state index in [2.05, 4.69) is 16.0 Å². The van der Waals surface area contributed by atoms with E-state index in [0.29, 0.717) is 11.8 Å². The highest BCUT2D eigenvalue weighted by Gasteiger charge is 2.17. The fourth-order valence-electron chi connectivity index (χ4n) is 2.38. The molecule has 5 nitrogen and oxygen atoms in total. The van der Waals surface area contributed by atoms with E-state index in [0.717, 1.165) is 45.8 Å². The SMILES string of the molecule is O=C(NCC1CCCNC1)NCC1CCOC1. The predicted molar refractivity (Wildman–Crippen MR) is 65.9 cm³/mol. The summed E-state index contributed by atoms with van der Waals surface area (Å²) in [5, 5.41) is 9.21. The van der Waals surface area contributed by atoms with Crippen molar-refractivity contribution in [3.8, 4) is 0 Å². The van der Waals surface area contributed by atoms with E-state index in [1.807, 2.05) is 0 Å². The zero-order chi connectivity index (χ0) is 11.9. The van der Waals surface area contributed by atoms with E-state index >= 15 is 0 Å². The van der Waals surface area contributed by atoms with Gasteiger partial charge in [-0.05, 0) is 38.3 Å². The molecule has 2 amide bonds. The number of piperidine rings is 1. The van der Waals surface area contributed by atoms with E-state index in [4.69, 9.17) is 4.74 Å². The van der Waals surface area contributed by atoms with Gasteiger partial charge in [-0.3, -0.25) is 0 Å². The minimum absolute atomic E-state index is 0.0394. The Hall–Kier alpha value is -0.810. The molecule has 98 valence electrons. The highest BCUT2D eigenvalue weighted by atomic mass is 16.5. The first kappa shape index (κ1) is 12.6. The van der Waals surface area contributed by atoms with Gasteiger partial charge in [0.2, 0.25) is 0 Å². The average Bonchev–Trinajstić information content (AvgIpc) is 2.88. The first-order valence-corrected chi connectivity index (χ1v) is 6.65. The van der Waals surface area contributed by atoms with Crippen LogP contribution in [0.15, 0.2) is 0 Å². The van der Waals surface area contributed by atoms with Crippen LogP contribution in [0.4, 0.5) is 4.79 Å². The van der Waals surface area contributed by atoms with E-state index < -0.39 is 0 Å². The Morgan fingerprint density at radius 1 is 1.24 bits per heavy atom. The second-order valence-corrected chi connectivity index (χ2v) is 5.03. The van der Waals surface area contributed by atoms with Crippen LogP contribution in [-0.4, -0.2) is 45.4 Å². The smallest absolute Gasteiger partial charge is 0.314 e. The third kappa shape index (κ3) is 4.52. The number of carbonyl (C=O) groups is 1. The maximum absolute atomic E-state index is 11.6. The van der Waals surface area contributed by atoms with Gasteiger partial charge >= 0.3 is 6.03 Å². The molecular formula is C12H23N3O2. The summed E-state index contributed by atoms with van der Waals surface area (Å²) in [6, 6.07) is -0.0394. The second kappa shape index (κ2) is 6.81. The van der Waals surface area contributed by atoms with Crippen molar-refractivity contribution in [1.82, 2.24) is 16.0 Å². The Morgan fingerprint density at radius 3 is 2.71 bits per heavy atom. The number of nitrogens with one attached hydrogen (secondary N) is 3. The molecule has 2 atom stereocenters. The van der Waals surface area contributed by atoms with Crippen LogP contribution < -0.4 is 16.0 Å². The molecule has 2 aliphatic rings. The number of rotatable bonds is 4. The third-order valence-corrected chi connectivity index (χ3v) is 3.53. The van der Waals surface area contributed by atoms with Crippen LogP contribution in [0.1, 0.15) is 19.3 Å². The largest absolute Gasteiger partial charge is 0.381 e. The van der Waals surface area contributed by atoms with E-state index in [9.17, 15) is 4.79 Å². The highest BCUT2D eigenvalue weighted by molar-refractivity contribution is 5.73. The number of urea groups is 1. The molecule has 2 heterocycles. The van der Waals surface area contributed by atoms with Crippen molar-refractivity contribution < 1.29 is 9.53 Å². The lowest BCUT2D eigenvalue weighted by molar-refractivity contribution is 0.185. The molecule has 2 aliphatic heterocycles. The van der Waals surface area contributed by atoms with E-state index in [1.165, 1.54) is 12.8 Å². The topological polar surface area (TPSA) is 62.4 Å². The Kier molecular flexibility index (Phi) is 5.07. The third-order valence-electron chi connectivity index (χ3n) is 3.53. The number of ether oxygens (including phenoxy) is 1. The predicted octanol–water partition coefficient (Wildman–Crippen LogP) is 0.322. The van der Waals surface area contributed by atoms with Gasteiger partial charge in [-0.25, -0.2) is 4.79 Å². The lowest BCUT2D eigenvalue weighted by Gasteiger charge is -2.23. The average molecular weight is 241 g/mol. The van der Waals surface area contributed by atoms with Crippen molar-refractivity contribution in [2.75, 3.05) is 39.4 Å². The van der Waals surface area contributed by atoms with Crippen molar-refractivity contribution in [1.29, 1.82) is 0 Å². The monoisotopic (exact) mass is 241 g/mol. The Balaban J connectivity index is 1.53. The fraction of sp³-hybridized carbons (Fsp3) is 0.917. The quantitative estimate of drug-likeness (QED) is 0.664. The summed E-state index contributed by atoms with van der Waals surface area (Å²) in [4.78, 5) is 11.6. The molecule has 0 saturated carbocycles. The van der Waals surface area contributed by atoms with Crippen LogP contribution in [0.2, 0.25) is 0 Å². The van der Waals surface area contributed by atoms with Crippen LogP contribution in [-0.2, 0) is 4.74 Å². The summed E-state index contributed by atoms with van der Waals surface area (Å²) in [7, 11) is 0.